The van der Waals surface area contributed by atoms with Crippen molar-refractivity contribution in [2.75, 3.05) is 0 Å². The highest BCUT2D eigenvalue weighted by Crippen LogP contribution is 2.12. The Morgan fingerprint density at radius 3 is 2.62 bits per heavy atom. The minimum Gasteiger partial charge on any atom is -0.476 e. The van der Waals surface area contributed by atoms with Crippen LogP contribution in [0.1, 0.15) is 5.69 Å². The molecule has 0 fully saturated rings. The zero-order chi connectivity index (χ0) is 11.5. The van der Waals surface area contributed by atoms with Gasteiger partial charge in [-0.1, -0.05) is 29.4 Å². The number of aliphatic carboxylic acids is 1. The van der Waals surface area contributed by atoms with E-state index in [1.165, 1.54) is 6.07 Å². The number of fused-ring (bicyclic) bond motifs is 1. The van der Waals surface area contributed by atoms with Crippen LogP contribution in [-0.2, 0) is 4.79 Å². The summed E-state index contributed by atoms with van der Waals surface area (Å²) in [6, 6.07) is 10.5. The maximum atomic E-state index is 10.7. The summed E-state index contributed by atoms with van der Waals surface area (Å²) in [5, 5.41) is 21.0. The van der Waals surface area contributed by atoms with Gasteiger partial charge in [-0.2, -0.15) is 0 Å². The van der Waals surface area contributed by atoms with Crippen molar-refractivity contribution in [3.05, 3.63) is 42.1 Å². The van der Waals surface area contributed by atoms with Gasteiger partial charge in [-0.25, -0.2) is 9.78 Å². The molecule has 0 aliphatic carbocycles. The van der Waals surface area contributed by atoms with E-state index in [-0.39, 0.29) is 5.69 Å². The van der Waals surface area contributed by atoms with Crippen LogP contribution in [0.4, 0.5) is 0 Å². The number of aromatic nitrogens is 1. The summed E-state index contributed by atoms with van der Waals surface area (Å²) in [5.41, 5.74) is 0.321. The Hall–Kier alpha value is -2.43. The molecule has 0 unspecified atom stereocenters. The fourth-order valence-corrected chi connectivity index (χ4v) is 1.40. The molecule has 1 aromatic carbocycles. The molecule has 0 aliphatic rings. The average molecular weight is 216 g/mol. The summed E-state index contributed by atoms with van der Waals surface area (Å²) >= 11 is 0. The first-order valence-corrected chi connectivity index (χ1v) is 4.54. The van der Waals surface area contributed by atoms with E-state index in [1.807, 2.05) is 12.1 Å². The predicted molar refractivity (Wildman–Crippen MR) is 57.7 cm³/mol. The summed E-state index contributed by atoms with van der Waals surface area (Å²) in [5.74, 6) is -1.31. The number of pyridine rings is 1. The smallest absolute Gasteiger partial charge is 0.360 e. The number of benzene rings is 1. The van der Waals surface area contributed by atoms with Gasteiger partial charge in [0.1, 0.15) is 5.69 Å². The molecule has 0 amide bonds. The molecule has 2 N–H and O–H groups in total. The van der Waals surface area contributed by atoms with E-state index in [0.29, 0.717) is 5.52 Å². The largest absolute Gasteiger partial charge is 0.476 e. The molecule has 0 aliphatic heterocycles. The third kappa shape index (κ3) is 1.70. The van der Waals surface area contributed by atoms with Crippen LogP contribution in [0.3, 0.4) is 0 Å². The average Bonchev–Trinajstić information content (AvgIpc) is 2.29. The van der Waals surface area contributed by atoms with E-state index in [2.05, 4.69) is 10.1 Å². The van der Waals surface area contributed by atoms with Gasteiger partial charge in [0.25, 0.3) is 0 Å². The first-order valence-electron chi connectivity index (χ1n) is 4.54. The summed E-state index contributed by atoms with van der Waals surface area (Å²) in [6.07, 6.45) is 0. The molecule has 16 heavy (non-hydrogen) atoms. The molecule has 2 rings (SSSR count). The SMILES string of the molecule is O=C(O)/C(=N\O)c1ccc2ccccc2n1. The van der Waals surface area contributed by atoms with Gasteiger partial charge in [-0.15, -0.1) is 0 Å². The molecule has 0 radical (unpaired) electrons. The van der Waals surface area contributed by atoms with Gasteiger partial charge in [0.15, 0.2) is 0 Å². The van der Waals surface area contributed by atoms with Crippen LogP contribution >= 0.6 is 0 Å². The summed E-state index contributed by atoms with van der Waals surface area (Å²) in [4.78, 5) is 14.8. The van der Waals surface area contributed by atoms with Gasteiger partial charge in [0, 0.05) is 5.39 Å². The standard InChI is InChI=1S/C11H8N2O3/c14-11(15)10(13-16)9-6-5-7-3-1-2-4-8(7)12-9/h1-6,16H,(H,14,15)/b13-10-. The van der Waals surface area contributed by atoms with Crippen LogP contribution in [0.15, 0.2) is 41.6 Å². The summed E-state index contributed by atoms with van der Waals surface area (Å²) < 4.78 is 0. The molecular weight excluding hydrogens is 208 g/mol. The molecule has 0 saturated carbocycles. The lowest BCUT2D eigenvalue weighted by molar-refractivity contribution is -0.129. The second-order valence-corrected chi connectivity index (χ2v) is 3.14. The lowest BCUT2D eigenvalue weighted by Gasteiger charge is -2.01. The topological polar surface area (TPSA) is 82.8 Å². The number of carbonyl (C=O) groups is 1. The Balaban J connectivity index is 2.59. The van der Waals surface area contributed by atoms with Gasteiger partial charge in [0.2, 0.25) is 5.71 Å². The quantitative estimate of drug-likeness (QED) is 0.452. The van der Waals surface area contributed by atoms with Crippen molar-refractivity contribution in [2.24, 2.45) is 5.16 Å². The Kier molecular flexibility index (Phi) is 2.51. The van der Waals surface area contributed by atoms with Crippen molar-refractivity contribution in [1.29, 1.82) is 0 Å². The lowest BCUT2D eigenvalue weighted by Crippen LogP contribution is -2.15. The zero-order valence-corrected chi connectivity index (χ0v) is 8.16. The summed E-state index contributed by atoms with van der Waals surface area (Å²) in [6.45, 7) is 0. The molecule has 80 valence electrons. The van der Waals surface area contributed by atoms with Gasteiger partial charge < -0.3 is 10.3 Å². The van der Waals surface area contributed by atoms with Crippen molar-refractivity contribution in [1.82, 2.24) is 4.98 Å². The molecule has 1 heterocycles. The molecule has 0 bridgehead atoms. The minimum absolute atomic E-state index is 0.133. The first kappa shape index (κ1) is 10.1. The third-order valence-corrected chi connectivity index (χ3v) is 2.14. The summed E-state index contributed by atoms with van der Waals surface area (Å²) in [7, 11) is 0. The van der Waals surface area contributed by atoms with Crippen molar-refractivity contribution >= 4 is 22.6 Å². The maximum absolute atomic E-state index is 10.7. The number of hydrogen-bond acceptors (Lipinski definition) is 4. The normalized spacial score (nSPS) is 11.6. The number of rotatable bonds is 2. The first-order chi connectivity index (χ1) is 7.72. The van der Waals surface area contributed by atoms with Gasteiger partial charge in [0.05, 0.1) is 5.52 Å². The fraction of sp³-hybridized carbons (Fsp3) is 0. The monoisotopic (exact) mass is 216 g/mol. The second kappa shape index (κ2) is 3.98. The van der Waals surface area contributed by atoms with Crippen molar-refractivity contribution in [3.8, 4) is 0 Å². The molecule has 1 aromatic heterocycles. The van der Waals surface area contributed by atoms with Crippen LogP contribution in [-0.4, -0.2) is 27.0 Å². The highest BCUT2D eigenvalue weighted by molar-refractivity contribution is 6.41. The van der Waals surface area contributed by atoms with Crippen LogP contribution in [0, 0.1) is 0 Å². The molecular formula is C11H8N2O3. The van der Waals surface area contributed by atoms with Crippen LogP contribution in [0.25, 0.3) is 10.9 Å². The predicted octanol–water partition coefficient (Wildman–Crippen LogP) is 1.50. The Morgan fingerprint density at radius 2 is 1.94 bits per heavy atom. The highest BCUT2D eigenvalue weighted by atomic mass is 16.4. The van der Waals surface area contributed by atoms with Crippen LogP contribution < -0.4 is 0 Å². The van der Waals surface area contributed by atoms with Gasteiger partial charge >= 0.3 is 5.97 Å². The van der Waals surface area contributed by atoms with E-state index in [0.717, 1.165) is 5.39 Å². The molecule has 2 aromatic rings. The number of hydrogen-bond donors (Lipinski definition) is 2. The van der Waals surface area contributed by atoms with Gasteiger partial charge in [-0.05, 0) is 12.1 Å². The van der Waals surface area contributed by atoms with E-state index in [9.17, 15) is 4.79 Å². The minimum atomic E-state index is -1.31. The molecule has 5 heteroatoms. The van der Waals surface area contributed by atoms with Crippen molar-refractivity contribution in [2.45, 2.75) is 0 Å². The molecule has 5 nitrogen and oxygen atoms in total. The Morgan fingerprint density at radius 1 is 1.19 bits per heavy atom. The highest BCUT2D eigenvalue weighted by Gasteiger charge is 2.14. The second-order valence-electron chi connectivity index (χ2n) is 3.14. The number of para-hydroxylation sites is 1. The Bertz CT molecular complexity index is 578. The maximum Gasteiger partial charge on any atom is 0.360 e. The molecule has 0 saturated heterocycles. The van der Waals surface area contributed by atoms with Crippen molar-refractivity contribution in [3.63, 3.8) is 0 Å². The Labute approximate surface area is 90.7 Å². The van der Waals surface area contributed by atoms with E-state index >= 15 is 0 Å². The van der Waals surface area contributed by atoms with Crippen LogP contribution in [0.2, 0.25) is 0 Å². The van der Waals surface area contributed by atoms with E-state index < -0.39 is 11.7 Å². The number of carboxylic acids is 1. The zero-order valence-electron chi connectivity index (χ0n) is 8.16. The molecule has 0 atom stereocenters. The number of oxime groups is 1. The molecule has 0 spiro atoms. The third-order valence-electron chi connectivity index (χ3n) is 2.14. The fourth-order valence-electron chi connectivity index (χ4n) is 1.40. The van der Waals surface area contributed by atoms with Crippen LogP contribution in [0.5, 0.6) is 0 Å². The van der Waals surface area contributed by atoms with E-state index in [1.54, 1.807) is 18.2 Å². The number of carboxylic acid groups (broad SMARTS) is 1. The lowest BCUT2D eigenvalue weighted by atomic mass is 10.1. The van der Waals surface area contributed by atoms with Crippen molar-refractivity contribution < 1.29 is 15.1 Å². The van der Waals surface area contributed by atoms with E-state index in [4.69, 9.17) is 10.3 Å². The number of nitrogens with zero attached hydrogens (tertiary/aromatic N) is 2. The van der Waals surface area contributed by atoms with Gasteiger partial charge in [-0.3, -0.25) is 0 Å².